The number of urea groups is 1. The molecular formula is C20H29N5O3. The first kappa shape index (κ1) is 20.3. The van der Waals surface area contributed by atoms with Gasteiger partial charge in [0.2, 0.25) is 11.8 Å². The zero-order chi connectivity index (χ0) is 20.1. The predicted molar refractivity (Wildman–Crippen MR) is 107 cm³/mol. The average Bonchev–Trinajstić information content (AvgIpc) is 3.44. The molecule has 28 heavy (non-hydrogen) atoms. The molecule has 0 radical (unpaired) electrons. The Balaban J connectivity index is 1.36. The van der Waals surface area contributed by atoms with Crippen molar-refractivity contribution in [2.24, 2.45) is 0 Å². The molecule has 2 aliphatic rings. The van der Waals surface area contributed by atoms with Crippen molar-refractivity contribution in [3.8, 4) is 0 Å². The number of nitrogens with one attached hydrogen (secondary N) is 3. The lowest BCUT2D eigenvalue weighted by molar-refractivity contribution is -0.124. The highest BCUT2D eigenvalue weighted by Gasteiger charge is 2.25. The molecular weight excluding hydrogens is 358 g/mol. The van der Waals surface area contributed by atoms with E-state index >= 15 is 0 Å². The molecule has 0 aromatic heterocycles. The Bertz CT molecular complexity index is 739. The highest BCUT2D eigenvalue weighted by molar-refractivity contribution is 6.02. The third kappa shape index (κ3) is 6.03. The van der Waals surface area contributed by atoms with E-state index in [1.807, 2.05) is 36.9 Å². The average molecular weight is 387 g/mol. The normalized spacial score (nSPS) is 17.8. The van der Waals surface area contributed by atoms with E-state index in [1.54, 1.807) is 0 Å². The van der Waals surface area contributed by atoms with E-state index < -0.39 is 6.03 Å². The quantitative estimate of drug-likeness (QED) is 0.673. The van der Waals surface area contributed by atoms with Crippen molar-refractivity contribution in [2.45, 2.75) is 32.7 Å². The van der Waals surface area contributed by atoms with Crippen molar-refractivity contribution in [1.29, 1.82) is 0 Å². The summed E-state index contributed by atoms with van der Waals surface area (Å²) in [5.74, 6) is -0.250. The van der Waals surface area contributed by atoms with Crippen molar-refractivity contribution >= 4 is 23.5 Å². The summed E-state index contributed by atoms with van der Waals surface area (Å²) in [4.78, 5) is 40.2. The van der Waals surface area contributed by atoms with E-state index in [9.17, 15) is 14.4 Å². The van der Waals surface area contributed by atoms with Gasteiger partial charge < -0.3 is 10.6 Å². The standard InChI is InChI=1S/C20H29N5O3/c1-14-4-3-5-17(15(14)2)22-20(28)23-19(27)13-25-10-8-24(9-11-25)12-18(26)21-16-6-7-16/h3-5,16H,6-13H2,1-2H3,(H,21,26)(H2,22,23,27,28). The van der Waals surface area contributed by atoms with Crippen LogP contribution in [0.1, 0.15) is 24.0 Å². The van der Waals surface area contributed by atoms with Gasteiger partial charge in [-0.1, -0.05) is 12.1 Å². The Morgan fingerprint density at radius 3 is 2.18 bits per heavy atom. The smallest absolute Gasteiger partial charge is 0.325 e. The number of rotatable bonds is 6. The second kappa shape index (κ2) is 9.16. The third-order valence-corrected chi connectivity index (χ3v) is 5.25. The number of carbonyl (C=O) groups is 3. The van der Waals surface area contributed by atoms with Gasteiger partial charge in [-0.3, -0.25) is 24.7 Å². The molecule has 2 fully saturated rings. The number of hydrogen-bond acceptors (Lipinski definition) is 5. The minimum Gasteiger partial charge on any atom is -0.352 e. The molecule has 1 saturated carbocycles. The van der Waals surface area contributed by atoms with Crippen LogP contribution in [0.25, 0.3) is 0 Å². The summed E-state index contributed by atoms with van der Waals surface area (Å²) in [7, 11) is 0. The molecule has 152 valence electrons. The van der Waals surface area contributed by atoms with Crippen molar-refractivity contribution in [1.82, 2.24) is 20.4 Å². The summed E-state index contributed by atoms with van der Waals surface area (Å²) in [6.45, 7) is 7.35. The third-order valence-electron chi connectivity index (χ3n) is 5.25. The fourth-order valence-electron chi connectivity index (χ4n) is 3.22. The Kier molecular flexibility index (Phi) is 6.64. The van der Waals surface area contributed by atoms with Gasteiger partial charge in [-0.05, 0) is 43.9 Å². The van der Waals surface area contributed by atoms with Gasteiger partial charge >= 0.3 is 6.03 Å². The van der Waals surface area contributed by atoms with Gasteiger partial charge in [-0.25, -0.2) is 4.79 Å². The van der Waals surface area contributed by atoms with E-state index in [0.29, 0.717) is 31.4 Å². The van der Waals surface area contributed by atoms with Gasteiger partial charge in [0.25, 0.3) is 0 Å². The first-order chi connectivity index (χ1) is 13.4. The van der Waals surface area contributed by atoms with Crippen LogP contribution in [-0.4, -0.2) is 73.0 Å². The molecule has 8 nitrogen and oxygen atoms in total. The van der Waals surface area contributed by atoms with Gasteiger partial charge in [0.1, 0.15) is 0 Å². The van der Waals surface area contributed by atoms with E-state index in [4.69, 9.17) is 0 Å². The first-order valence-corrected chi connectivity index (χ1v) is 9.82. The lowest BCUT2D eigenvalue weighted by Crippen LogP contribution is -2.52. The van der Waals surface area contributed by atoms with Crippen LogP contribution in [-0.2, 0) is 9.59 Å². The van der Waals surface area contributed by atoms with Gasteiger partial charge in [0.05, 0.1) is 13.1 Å². The number of nitrogens with zero attached hydrogens (tertiary/aromatic N) is 2. The topological polar surface area (TPSA) is 93.8 Å². The van der Waals surface area contributed by atoms with Crippen molar-refractivity contribution in [2.75, 3.05) is 44.6 Å². The maximum atomic E-state index is 12.2. The maximum absolute atomic E-state index is 12.2. The number of anilines is 1. The molecule has 3 rings (SSSR count). The Labute approximate surface area is 165 Å². The van der Waals surface area contributed by atoms with E-state index in [0.717, 1.165) is 37.1 Å². The molecule has 0 spiro atoms. The number of imide groups is 1. The van der Waals surface area contributed by atoms with Crippen LogP contribution in [0.4, 0.5) is 10.5 Å². The summed E-state index contributed by atoms with van der Waals surface area (Å²) < 4.78 is 0. The predicted octanol–water partition coefficient (Wildman–Crippen LogP) is 0.848. The van der Waals surface area contributed by atoms with Gasteiger partial charge in [0.15, 0.2) is 0 Å². The molecule has 1 aliphatic heterocycles. The number of aryl methyl sites for hydroxylation is 1. The molecule has 0 unspecified atom stereocenters. The fourth-order valence-corrected chi connectivity index (χ4v) is 3.22. The minimum atomic E-state index is -0.519. The molecule has 3 N–H and O–H groups in total. The van der Waals surface area contributed by atoms with Crippen molar-refractivity contribution in [3.05, 3.63) is 29.3 Å². The van der Waals surface area contributed by atoms with Crippen LogP contribution in [0.2, 0.25) is 0 Å². The number of piperazine rings is 1. The first-order valence-electron chi connectivity index (χ1n) is 9.82. The summed E-state index contributed by atoms with van der Waals surface area (Å²) in [6.07, 6.45) is 2.18. The molecule has 8 heteroatoms. The van der Waals surface area contributed by atoms with Crippen LogP contribution in [0.5, 0.6) is 0 Å². The Hall–Kier alpha value is -2.45. The highest BCUT2D eigenvalue weighted by Crippen LogP contribution is 2.18. The molecule has 1 aliphatic carbocycles. The number of benzene rings is 1. The lowest BCUT2D eigenvalue weighted by Gasteiger charge is -2.33. The van der Waals surface area contributed by atoms with Crippen molar-refractivity contribution < 1.29 is 14.4 Å². The SMILES string of the molecule is Cc1cccc(NC(=O)NC(=O)CN2CCN(CC(=O)NC3CC3)CC2)c1C. The zero-order valence-corrected chi connectivity index (χ0v) is 16.6. The van der Waals surface area contributed by atoms with Crippen LogP contribution >= 0.6 is 0 Å². The van der Waals surface area contributed by atoms with Crippen LogP contribution < -0.4 is 16.0 Å². The maximum Gasteiger partial charge on any atom is 0.325 e. The molecule has 1 saturated heterocycles. The Morgan fingerprint density at radius 2 is 1.57 bits per heavy atom. The molecule has 4 amide bonds. The number of hydrogen-bond donors (Lipinski definition) is 3. The lowest BCUT2D eigenvalue weighted by atomic mass is 10.1. The monoisotopic (exact) mass is 387 g/mol. The van der Waals surface area contributed by atoms with E-state index in [2.05, 4.69) is 20.9 Å². The van der Waals surface area contributed by atoms with Crippen LogP contribution in [0, 0.1) is 13.8 Å². The fraction of sp³-hybridized carbons (Fsp3) is 0.550. The Morgan fingerprint density at radius 1 is 0.964 bits per heavy atom. The molecule has 0 atom stereocenters. The number of carbonyl (C=O) groups excluding carboxylic acids is 3. The van der Waals surface area contributed by atoms with E-state index in [-0.39, 0.29) is 18.4 Å². The number of amides is 4. The minimum absolute atomic E-state index is 0.0804. The van der Waals surface area contributed by atoms with Gasteiger partial charge in [0, 0.05) is 37.9 Å². The van der Waals surface area contributed by atoms with E-state index in [1.165, 1.54) is 0 Å². The molecule has 0 bridgehead atoms. The zero-order valence-electron chi connectivity index (χ0n) is 16.6. The summed E-state index contributed by atoms with van der Waals surface area (Å²) in [5, 5.41) is 8.10. The van der Waals surface area contributed by atoms with Crippen LogP contribution in [0.3, 0.4) is 0 Å². The van der Waals surface area contributed by atoms with Gasteiger partial charge in [-0.2, -0.15) is 0 Å². The highest BCUT2D eigenvalue weighted by atomic mass is 16.2. The molecule has 1 aromatic carbocycles. The summed E-state index contributed by atoms with van der Waals surface area (Å²) >= 11 is 0. The largest absolute Gasteiger partial charge is 0.352 e. The summed E-state index contributed by atoms with van der Waals surface area (Å²) in [6, 6.07) is 5.51. The van der Waals surface area contributed by atoms with Gasteiger partial charge in [-0.15, -0.1) is 0 Å². The molecule has 1 heterocycles. The second-order valence-electron chi connectivity index (χ2n) is 7.64. The molecule has 1 aromatic rings. The van der Waals surface area contributed by atoms with Crippen LogP contribution in [0.15, 0.2) is 18.2 Å². The summed E-state index contributed by atoms with van der Waals surface area (Å²) in [5.41, 5.74) is 2.75. The van der Waals surface area contributed by atoms with Crippen molar-refractivity contribution in [3.63, 3.8) is 0 Å². The second-order valence-corrected chi connectivity index (χ2v) is 7.64.